The molecular weight excluding hydrogens is 550 g/mol. The number of likely N-dealkylation sites (N-methyl/N-ethyl adjacent to an activating group) is 1. The van der Waals surface area contributed by atoms with Crippen molar-refractivity contribution in [2.75, 3.05) is 23.7 Å². The van der Waals surface area contributed by atoms with Crippen molar-refractivity contribution in [1.82, 2.24) is 24.8 Å². The molecule has 1 saturated heterocycles. The molecule has 0 spiro atoms. The van der Waals surface area contributed by atoms with Gasteiger partial charge in [-0.1, -0.05) is 60.7 Å². The Morgan fingerprint density at radius 1 is 1.00 bits per heavy atom. The number of fused-ring (bicyclic) bond motifs is 1. The number of rotatable bonds is 10. The van der Waals surface area contributed by atoms with Crippen LogP contribution < -0.4 is 16.0 Å². The summed E-state index contributed by atoms with van der Waals surface area (Å²) in [5.41, 5.74) is 3.09. The van der Waals surface area contributed by atoms with Crippen LogP contribution in [0.4, 0.5) is 11.8 Å². The van der Waals surface area contributed by atoms with Crippen LogP contribution in [0.3, 0.4) is 0 Å². The Labute approximate surface area is 249 Å². The van der Waals surface area contributed by atoms with Crippen molar-refractivity contribution >= 4 is 28.8 Å². The van der Waals surface area contributed by atoms with Crippen LogP contribution in [0.2, 0.25) is 0 Å². The largest absolute Gasteiger partial charge is 0.393 e. The van der Waals surface area contributed by atoms with E-state index in [1.807, 2.05) is 36.4 Å². The molecule has 226 valence electrons. The second kappa shape index (κ2) is 12.6. The highest BCUT2D eigenvalue weighted by molar-refractivity contribution is 5.85. The van der Waals surface area contributed by atoms with E-state index in [0.29, 0.717) is 48.9 Å². The molecule has 4 aromatic rings. The molecule has 6 atom stereocenters. The molecule has 0 radical (unpaired) electrons. The molecule has 6 rings (SSSR count). The molecule has 1 saturated carbocycles. The van der Waals surface area contributed by atoms with Gasteiger partial charge in [0.25, 0.3) is 5.91 Å². The second-order valence-electron chi connectivity index (χ2n) is 11.1. The zero-order valence-corrected chi connectivity index (χ0v) is 23.9. The Bertz CT molecular complexity index is 1500. The van der Waals surface area contributed by atoms with Crippen LogP contribution in [-0.4, -0.2) is 84.3 Å². The van der Waals surface area contributed by atoms with Gasteiger partial charge < -0.3 is 36.0 Å². The number of amides is 1. The number of benzene rings is 2. The highest BCUT2D eigenvalue weighted by atomic mass is 16.6. The summed E-state index contributed by atoms with van der Waals surface area (Å²) < 4.78 is 7.39. The minimum atomic E-state index is -1.43. The molecule has 43 heavy (non-hydrogen) atoms. The van der Waals surface area contributed by atoms with Gasteiger partial charge in [-0.3, -0.25) is 9.36 Å². The summed E-state index contributed by atoms with van der Waals surface area (Å²) in [6.07, 6.45) is -2.01. The Hall–Kier alpha value is -4.10. The van der Waals surface area contributed by atoms with Crippen molar-refractivity contribution in [1.29, 1.82) is 0 Å². The van der Waals surface area contributed by atoms with Gasteiger partial charge in [-0.15, -0.1) is 0 Å². The third kappa shape index (κ3) is 6.04. The zero-order chi connectivity index (χ0) is 29.9. The molecule has 2 fully saturated rings. The summed E-state index contributed by atoms with van der Waals surface area (Å²) in [6, 6.07) is 20.4. The fourth-order valence-corrected chi connectivity index (χ4v) is 5.94. The number of anilines is 2. The van der Waals surface area contributed by atoms with Crippen molar-refractivity contribution in [2.45, 2.75) is 68.8 Å². The molecule has 6 N–H and O–H groups in total. The van der Waals surface area contributed by atoms with Gasteiger partial charge in [-0.25, -0.2) is 4.98 Å². The summed E-state index contributed by atoms with van der Waals surface area (Å²) in [6.45, 7) is 2.63. The average molecular weight is 588 g/mol. The Morgan fingerprint density at radius 2 is 1.70 bits per heavy atom. The number of hydrogen-bond donors (Lipinski definition) is 6. The van der Waals surface area contributed by atoms with Crippen LogP contribution >= 0.6 is 0 Å². The number of hydrogen-bond acceptors (Lipinski definition) is 10. The number of carbonyl (C=O) groups excluding carboxylic acids is 1. The molecule has 1 amide bonds. The summed E-state index contributed by atoms with van der Waals surface area (Å²) >= 11 is 0. The SMILES string of the molecule is CCNC(=O)[C@H]1O[C@H](n2cnc3c(NCC(c4ccccc4)c4ccccc4)nc(N[C@@H]4CC[C@@H](O)C4)nc32)[C@H](O)[C@@H]1O. The van der Waals surface area contributed by atoms with E-state index in [0.717, 1.165) is 17.5 Å². The number of aliphatic hydroxyl groups is 3. The standard InChI is InChI=1S/C31H37N7O5/c1-2-32-29(42)26-24(40)25(41)30(43-26)38-17-34-23-27(36-31(37-28(23)38)35-20-13-14-21(39)15-20)33-16-22(18-9-5-3-6-10-18)19-11-7-4-8-12-19/h3-12,17,20-22,24-26,30,39-41H,2,13-16H2,1H3,(H,32,42)(H2,33,35,36,37)/t20-,21-,24+,25-,26+,30+/m1/s1. The van der Waals surface area contributed by atoms with Gasteiger partial charge in [0.05, 0.1) is 12.4 Å². The Morgan fingerprint density at radius 3 is 2.33 bits per heavy atom. The maximum absolute atomic E-state index is 12.5. The van der Waals surface area contributed by atoms with E-state index < -0.39 is 30.4 Å². The summed E-state index contributed by atoms with van der Waals surface area (Å²) in [5.74, 6) is 0.326. The predicted molar refractivity (Wildman–Crippen MR) is 160 cm³/mol. The molecule has 3 heterocycles. The van der Waals surface area contributed by atoms with Crippen molar-refractivity contribution in [2.24, 2.45) is 0 Å². The third-order valence-corrected chi connectivity index (χ3v) is 8.16. The van der Waals surface area contributed by atoms with Gasteiger partial charge in [0.15, 0.2) is 29.3 Å². The van der Waals surface area contributed by atoms with Gasteiger partial charge in [-0.05, 0) is 37.3 Å². The molecule has 1 aliphatic heterocycles. The van der Waals surface area contributed by atoms with Crippen molar-refractivity contribution in [3.63, 3.8) is 0 Å². The average Bonchev–Trinajstić information content (AvgIpc) is 3.71. The highest BCUT2D eigenvalue weighted by Crippen LogP contribution is 2.34. The third-order valence-electron chi connectivity index (χ3n) is 8.16. The van der Waals surface area contributed by atoms with E-state index in [-0.39, 0.29) is 18.1 Å². The molecule has 1 aliphatic carbocycles. The molecule has 0 bridgehead atoms. The first-order chi connectivity index (χ1) is 20.9. The number of aliphatic hydroxyl groups excluding tert-OH is 3. The zero-order valence-electron chi connectivity index (χ0n) is 23.9. The fraction of sp³-hybridized carbons (Fsp3) is 0.419. The summed E-state index contributed by atoms with van der Waals surface area (Å²) in [4.78, 5) is 26.6. The van der Waals surface area contributed by atoms with E-state index in [4.69, 9.17) is 14.7 Å². The van der Waals surface area contributed by atoms with E-state index in [2.05, 4.69) is 45.2 Å². The summed E-state index contributed by atoms with van der Waals surface area (Å²) in [7, 11) is 0. The molecule has 12 heteroatoms. The molecule has 2 aromatic heterocycles. The lowest BCUT2D eigenvalue weighted by Gasteiger charge is -2.20. The number of carbonyl (C=O) groups is 1. The molecule has 0 unspecified atom stereocenters. The Balaban J connectivity index is 1.35. The molecule has 2 aromatic carbocycles. The maximum Gasteiger partial charge on any atom is 0.252 e. The Kier molecular flexibility index (Phi) is 8.52. The number of aromatic nitrogens is 4. The van der Waals surface area contributed by atoms with Crippen LogP contribution in [0.25, 0.3) is 11.2 Å². The number of imidazole rings is 1. The lowest BCUT2D eigenvalue weighted by atomic mass is 9.91. The van der Waals surface area contributed by atoms with Gasteiger partial charge >= 0.3 is 0 Å². The van der Waals surface area contributed by atoms with Gasteiger partial charge in [-0.2, -0.15) is 9.97 Å². The second-order valence-corrected chi connectivity index (χ2v) is 11.1. The van der Waals surface area contributed by atoms with Crippen molar-refractivity contribution < 1.29 is 24.9 Å². The van der Waals surface area contributed by atoms with Crippen LogP contribution in [0.5, 0.6) is 0 Å². The van der Waals surface area contributed by atoms with Crippen LogP contribution in [-0.2, 0) is 9.53 Å². The lowest BCUT2D eigenvalue weighted by Crippen LogP contribution is -2.42. The quantitative estimate of drug-likeness (QED) is 0.162. The minimum Gasteiger partial charge on any atom is -0.393 e. The van der Waals surface area contributed by atoms with Crippen LogP contribution in [0.1, 0.15) is 49.5 Å². The van der Waals surface area contributed by atoms with Gasteiger partial charge in [0.1, 0.15) is 12.2 Å². The van der Waals surface area contributed by atoms with Crippen molar-refractivity contribution in [3.05, 3.63) is 78.1 Å². The molecular formula is C31H37N7O5. The topological polar surface area (TPSA) is 167 Å². The van der Waals surface area contributed by atoms with Crippen molar-refractivity contribution in [3.8, 4) is 0 Å². The minimum absolute atomic E-state index is 0.00433. The van der Waals surface area contributed by atoms with E-state index >= 15 is 0 Å². The number of nitrogens with one attached hydrogen (secondary N) is 3. The van der Waals surface area contributed by atoms with E-state index in [9.17, 15) is 20.1 Å². The maximum atomic E-state index is 12.5. The first-order valence-corrected chi connectivity index (χ1v) is 14.7. The first-order valence-electron chi connectivity index (χ1n) is 14.7. The van der Waals surface area contributed by atoms with Crippen LogP contribution in [0.15, 0.2) is 67.0 Å². The van der Waals surface area contributed by atoms with E-state index in [1.165, 1.54) is 10.9 Å². The van der Waals surface area contributed by atoms with Crippen LogP contribution in [0, 0.1) is 0 Å². The monoisotopic (exact) mass is 587 g/mol. The first kappa shape index (κ1) is 29.0. The number of nitrogens with zero attached hydrogens (tertiary/aromatic N) is 4. The fourth-order valence-electron chi connectivity index (χ4n) is 5.94. The lowest BCUT2D eigenvalue weighted by molar-refractivity contribution is -0.137. The normalized spacial score (nSPS) is 25.3. The predicted octanol–water partition coefficient (Wildman–Crippen LogP) is 2.15. The number of ether oxygens (including phenoxy) is 1. The van der Waals surface area contributed by atoms with Gasteiger partial charge in [0.2, 0.25) is 5.95 Å². The summed E-state index contributed by atoms with van der Waals surface area (Å²) in [5, 5.41) is 41.1. The molecule has 2 aliphatic rings. The smallest absolute Gasteiger partial charge is 0.252 e. The highest BCUT2D eigenvalue weighted by Gasteiger charge is 2.47. The molecule has 12 nitrogen and oxygen atoms in total. The van der Waals surface area contributed by atoms with Gasteiger partial charge in [0, 0.05) is 25.0 Å². The van der Waals surface area contributed by atoms with E-state index in [1.54, 1.807) is 6.92 Å².